The molecule has 1 N–H and O–H groups in total. The van der Waals surface area contributed by atoms with E-state index in [0.29, 0.717) is 12.1 Å². The van der Waals surface area contributed by atoms with Crippen molar-refractivity contribution in [1.29, 1.82) is 0 Å². The molecule has 19 heavy (non-hydrogen) atoms. The number of thiophene rings is 1. The van der Waals surface area contributed by atoms with Gasteiger partial charge in [0.1, 0.15) is 0 Å². The first-order valence-electron chi connectivity index (χ1n) is 5.90. The Kier molecular flexibility index (Phi) is 5.19. The van der Waals surface area contributed by atoms with Gasteiger partial charge in [0.15, 0.2) is 0 Å². The molecule has 1 heterocycles. The molecule has 0 saturated carbocycles. The summed E-state index contributed by atoms with van der Waals surface area (Å²) in [4.78, 5) is 13.4. The Morgan fingerprint density at radius 3 is 2.84 bits per heavy atom. The number of halogens is 2. The van der Waals surface area contributed by atoms with E-state index in [1.54, 1.807) is 11.3 Å². The van der Waals surface area contributed by atoms with Crippen LogP contribution in [0.3, 0.4) is 0 Å². The minimum atomic E-state index is -0.0661. The molecule has 0 fully saturated rings. The lowest BCUT2D eigenvalue weighted by Gasteiger charge is -2.07. The van der Waals surface area contributed by atoms with Crippen LogP contribution in [0.4, 0.5) is 0 Å². The molecule has 0 aliphatic carbocycles. The lowest BCUT2D eigenvalue weighted by molar-refractivity contribution is 0.0950. The van der Waals surface area contributed by atoms with Crippen molar-refractivity contribution in [2.45, 2.75) is 19.9 Å². The molecule has 2 aromatic rings. The number of hydrogen-bond acceptors (Lipinski definition) is 2. The number of rotatable bonds is 4. The van der Waals surface area contributed by atoms with Crippen molar-refractivity contribution in [1.82, 2.24) is 5.32 Å². The normalized spacial score (nSPS) is 10.5. The molecule has 0 aliphatic rings. The molecule has 0 aliphatic heterocycles. The average molecular weight is 403 g/mol. The van der Waals surface area contributed by atoms with E-state index in [4.69, 9.17) is 0 Å². The van der Waals surface area contributed by atoms with Crippen LogP contribution in [0.25, 0.3) is 0 Å². The second kappa shape index (κ2) is 6.68. The zero-order chi connectivity index (χ0) is 13.8. The Hall–Kier alpha value is -0.650. The number of aryl methyl sites for hydroxylation is 1. The first kappa shape index (κ1) is 14.8. The first-order valence-corrected chi connectivity index (χ1v) is 8.37. The summed E-state index contributed by atoms with van der Waals surface area (Å²) in [5, 5.41) is 5.03. The van der Waals surface area contributed by atoms with Crippen molar-refractivity contribution >= 4 is 49.1 Å². The molecule has 0 unspecified atom stereocenters. The molecule has 0 radical (unpaired) electrons. The van der Waals surface area contributed by atoms with Crippen molar-refractivity contribution < 1.29 is 4.79 Å². The average Bonchev–Trinajstić information content (AvgIpc) is 2.86. The highest BCUT2D eigenvalue weighted by Gasteiger charge is 2.11. The summed E-state index contributed by atoms with van der Waals surface area (Å²) in [6.45, 7) is 2.71. The lowest BCUT2D eigenvalue weighted by Crippen LogP contribution is -2.23. The summed E-state index contributed by atoms with van der Waals surface area (Å²) in [7, 11) is 0. The van der Waals surface area contributed by atoms with Crippen LogP contribution >= 0.6 is 43.2 Å². The van der Waals surface area contributed by atoms with E-state index in [0.717, 1.165) is 15.4 Å². The molecule has 2 rings (SSSR count). The smallest absolute Gasteiger partial charge is 0.252 e. The maximum atomic E-state index is 12.2. The van der Waals surface area contributed by atoms with Gasteiger partial charge in [-0.1, -0.05) is 22.9 Å². The van der Waals surface area contributed by atoms with Crippen LogP contribution in [-0.4, -0.2) is 5.91 Å². The van der Waals surface area contributed by atoms with Crippen LogP contribution in [0, 0.1) is 0 Å². The summed E-state index contributed by atoms with van der Waals surface area (Å²) in [6.07, 6.45) is 0.995. The molecule has 0 spiro atoms. The van der Waals surface area contributed by atoms with Gasteiger partial charge in [-0.05, 0) is 57.6 Å². The van der Waals surface area contributed by atoms with E-state index < -0.39 is 0 Å². The Bertz CT molecular complexity index is 595. The number of benzene rings is 1. The first-order chi connectivity index (χ1) is 9.11. The molecule has 0 atom stereocenters. The van der Waals surface area contributed by atoms with Crippen LogP contribution < -0.4 is 5.32 Å². The predicted octanol–water partition coefficient (Wildman–Crippen LogP) is 4.77. The van der Waals surface area contributed by atoms with Crippen LogP contribution in [0.2, 0.25) is 0 Å². The maximum Gasteiger partial charge on any atom is 0.252 e. The Morgan fingerprint density at radius 2 is 2.11 bits per heavy atom. The molecule has 1 amide bonds. The summed E-state index contributed by atoms with van der Waals surface area (Å²) >= 11 is 8.46. The second-order valence-corrected chi connectivity index (χ2v) is 6.80. The Balaban J connectivity index is 2.07. The van der Waals surface area contributed by atoms with Crippen LogP contribution in [0.5, 0.6) is 0 Å². The molecular formula is C14H13Br2NOS. The molecule has 5 heteroatoms. The molecule has 0 saturated heterocycles. The molecule has 1 aromatic carbocycles. The molecule has 100 valence electrons. The third-order valence-electron chi connectivity index (χ3n) is 2.80. The van der Waals surface area contributed by atoms with Crippen LogP contribution in [0.15, 0.2) is 38.6 Å². The third kappa shape index (κ3) is 3.68. The summed E-state index contributed by atoms with van der Waals surface area (Å²) in [5.41, 5.74) is 1.95. The van der Waals surface area contributed by atoms with Gasteiger partial charge in [0.25, 0.3) is 5.91 Å². The topological polar surface area (TPSA) is 29.1 Å². The van der Waals surface area contributed by atoms with E-state index in [1.807, 2.05) is 18.2 Å². The fraction of sp³-hybridized carbons (Fsp3) is 0.214. The van der Waals surface area contributed by atoms with Gasteiger partial charge in [0.05, 0.1) is 12.1 Å². The van der Waals surface area contributed by atoms with Crippen LogP contribution in [0.1, 0.15) is 27.7 Å². The van der Waals surface area contributed by atoms with Crippen molar-refractivity contribution in [3.8, 4) is 0 Å². The van der Waals surface area contributed by atoms with Gasteiger partial charge in [0.2, 0.25) is 0 Å². The highest BCUT2D eigenvalue weighted by atomic mass is 79.9. The van der Waals surface area contributed by atoms with Crippen molar-refractivity contribution in [2.75, 3.05) is 0 Å². The summed E-state index contributed by atoms with van der Waals surface area (Å²) in [5.74, 6) is -0.0661. The van der Waals surface area contributed by atoms with Gasteiger partial charge >= 0.3 is 0 Å². The number of amides is 1. The SMILES string of the molecule is CCc1ccsc1CNC(=O)c1cc(Br)ccc1Br. The quantitative estimate of drug-likeness (QED) is 0.784. The monoisotopic (exact) mass is 401 g/mol. The Labute approximate surface area is 133 Å². The maximum absolute atomic E-state index is 12.2. The van der Waals surface area contributed by atoms with Crippen molar-refractivity contribution in [3.63, 3.8) is 0 Å². The minimum Gasteiger partial charge on any atom is -0.347 e. The number of carbonyl (C=O) groups excluding carboxylic acids is 1. The van der Waals surface area contributed by atoms with Gasteiger partial charge < -0.3 is 5.32 Å². The zero-order valence-electron chi connectivity index (χ0n) is 10.4. The van der Waals surface area contributed by atoms with Crippen molar-refractivity contribution in [3.05, 3.63) is 54.6 Å². The van der Waals surface area contributed by atoms with E-state index in [2.05, 4.69) is 55.5 Å². The molecule has 2 nitrogen and oxygen atoms in total. The van der Waals surface area contributed by atoms with Gasteiger partial charge in [-0.15, -0.1) is 11.3 Å². The third-order valence-corrected chi connectivity index (χ3v) is 4.95. The summed E-state index contributed by atoms with van der Waals surface area (Å²) < 4.78 is 1.70. The van der Waals surface area contributed by atoms with Gasteiger partial charge in [-0.3, -0.25) is 4.79 Å². The molecule has 1 aromatic heterocycles. The second-order valence-electron chi connectivity index (χ2n) is 4.03. The number of carbonyl (C=O) groups is 1. The summed E-state index contributed by atoms with van der Waals surface area (Å²) in [6, 6.07) is 7.69. The van der Waals surface area contributed by atoms with E-state index in [9.17, 15) is 4.79 Å². The number of hydrogen-bond donors (Lipinski definition) is 1. The highest BCUT2D eigenvalue weighted by molar-refractivity contribution is 9.11. The fourth-order valence-corrected chi connectivity index (χ4v) is 3.47. The van der Waals surface area contributed by atoms with Crippen molar-refractivity contribution in [2.24, 2.45) is 0 Å². The molecular weight excluding hydrogens is 390 g/mol. The van der Waals surface area contributed by atoms with Crippen LogP contribution in [-0.2, 0) is 13.0 Å². The lowest BCUT2D eigenvalue weighted by atomic mass is 10.2. The van der Waals surface area contributed by atoms with E-state index >= 15 is 0 Å². The fourth-order valence-electron chi connectivity index (χ4n) is 1.76. The Morgan fingerprint density at radius 1 is 1.32 bits per heavy atom. The number of nitrogens with one attached hydrogen (secondary N) is 1. The highest BCUT2D eigenvalue weighted by Crippen LogP contribution is 2.22. The van der Waals surface area contributed by atoms with E-state index in [1.165, 1.54) is 10.4 Å². The minimum absolute atomic E-state index is 0.0661. The van der Waals surface area contributed by atoms with E-state index in [-0.39, 0.29) is 5.91 Å². The zero-order valence-corrected chi connectivity index (χ0v) is 14.4. The largest absolute Gasteiger partial charge is 0.347 e. The van der Waals surface area contributed by atoms with Gasteiger partial charge in [0, 0.05) is 13.8 Å². The standard InChI is InChI=1S/C14H13Br2NOS/c1-2-9-5-6-19-13(9)8-17-14(18)11-7-10(15)3-4-12(11)16/h3-7H,2,8H2,1H3,(H,17,18). The van der Waals surface area contributed by atoms with Gasteiger partial charge in [-0.25, -0.2) is 0 Å². The van der Waals surface area contributed by atoms with Gasteiger partial charge in [-0.2, -0.15) is 0 Å². The molecule has 0 bridgehead atoms. The predicted molar refractivity (Wildman–Crippen MR) is 86.7 cm³/mol.